The molecular weight excluding hydrogens is 232 g/mol. The van der Waals surface area contributed by atoms with Gasteiger partial charge in [-0.1, -0.05) is 13.0 Å². The van der Waals surface area contributed by atoms with Crippen LogP contribution in [0, 0.1) is 0 Å². The molecule has 0 radical (unpaired) electrons. The van der Waals surface area contributed by atoms with Crippen molar-refractivity contribution in [1.82, 2.24) is 10.2 Å². The van der Waals surface area contributed by atoms with E-state index in [4.69, 9.17) is 4.74 Å². The van der Waals surface area contributed by atoms with Gasteiger partial charge in [-0.05, 0) is 31.5 Å². The highest BCUT2D eigenvalue weighted by Gasteiger charge is 2.31. The first-order valence-electron chi connectivity index (χ1n) is 6.39. The largest absolute Gasteiger partial charge is 0.374 e. The number of hydrogen-bond donors (Lipinski definition) is 1. The highest BCUT2D eigenvalue weighted by molar-refractivity contribution is 7.10. The number of rotatable bonds is 5. The molecule has 0 saturated carbocycles. The Bertz CT molecular complexity index is 315. The third-order valence-electron chi connectivity index (χ3n) is 3.21. The van der Waals surface area contributed by atoms with Gasteiger partial charge >= 0.3 is 0 Å². The Morgan fingerprint density at radius 2 is 2.47 bits per heavy atom. The Morgan fingerprint density at radius 1 is 1.59 bits per heavy atom. The van der Waals surface area contributed by atoms with Gasteiger partial charge in [0, 0.05) is 18.0 Å². The van der Waals surface area contributed by atoms with Crippen LogP contribution in [0.4, 0.5) is 0 Å². The molecule has 0 spiro atoms. The zero-order valence-electron chi connectivity index (χ0n) is 10.7. The van der Waals surface area contributed by atoms with E-state index in [0.717, 1.165) is 26.2 Å². The summed E-state index contributed by atoms with van der Waals surface area (Å²) in [6.45, 7) is 6.07. The van der Waals surface area contributed by atoms with Crippen molar-refractivity contribution in [1.29, 1.82) is 0 Å². The first kappa shape index (κ1) is 13.0. The summed E-state index contributed by atoms with van der Waals surface area (Å²) in [4.78, 5) is 3.82. The molecule has 0 aliphatic carbocycles. The first-order chi connectivity index (χ1) is 8.33. The molecular formula is C13H22N2OS. The molecule has 4 heteroatoms. The zero-order chi connectivity index (χ0) is 12.1. The summed E-state index contributed by atoms with van der Waals surface area (Å²) in [6.07, 6.45) is 1.45. The van der Waals surface area contributed by atoms with Crippen LogP contribution < -0.4 is 5.32 Å². The van der Waals surface area contributed by atoms with Crippen molar-refractivity contribution >= 4 is 11.3 Å². The van der Waals surface area contributed by atoms with E-state index in [9.17, 15) is 0 Å². The van der Waals surface area contributed by atoms with E-state index in [1.165, 1.54) is 11.3 Å². The fourth-order valence-corrected chi connectivity index (χ4v) is 3.26. The lowest BCUT2D eigenvalue weighted by Gasteiger charge is -2.38. The van der Waals surface area contributed by atoms with Crippen molar-refractivity contribution < 1.29 is 4.74 Å². The minimum absolute atomic E-state index is 0.277. The van der Waals surface area contributed by atoms with Crippen molar-refractivity contribution in [3.8, 4) is 0 Å². The molecule has 0 amide bonds. The molecule has 1 N–H and O–H groups in total. The van der Waals surface area contributed by atoms with Crippen molar-refractivity contribution in [2.45, 2.75) is 25.5 Å². The second-order valence-corrected chi connectivity index (χ2v) is 5.53. The van der Waals surface area contributed by atoms with Crippen LogP contribution in [-0.2, 0) is 4.74 Å². The minimum Gasteiger partial charge on any atom is -0.374 e. The number of hydrogen-bond acceptors (Lipinski definition) is 4. The fourth-order valence-electron chi connectivity index (χ4n) is 2.31. The van der Waals surface area contributed by atoms with Crippen LogP contribution in [0.2, 0.25) is 0 Å². The van der Waals surface area contributed by atoms with Crippen molar-refractivity contribution in [2.24, 2.45) is 0 Å². The number of nitrogens with one attached hydrogen (secondary N) is 1. The summed E-state index contributed by atoms with van der Waals surface area (Å²) in [5.41, 5.74) is 0. The lowest BCUT2D eigenvalue weighted by molar-refractivity contribution is -0.0601. The van der Waals surface area contributed by atoms with Crippen LogP contribution >= 0.6 is 11.3 Å². The van der Waals surface area contributed by atoms with Gasteiger partial charge in [-0.3, -0.25) is 4.90 Å². The van der Waals surface area contributed by atoms with Crippen LogP contribution in [0.15, 0.2) is 17.5 Å². The fraction of sp³-hybridized carbons (Fsp3) is 0.692. The second-order valence-electron chi connectivity index (χ2n) is 4.55. The van der Waals surface area contributed by atoms with Crippen LogP contribution in [0.1, 0.15) is 24.3 Å². The van der Waals surface area contributed by atoms with Gasteiger partial charge in [-0.15, -0.1) is 11.3 Å². The molecule has 1 aromatic heterocycles. The van der Waals surface area contributed by atoms with E-state index in [0.29, 0.717) is 6.04 Å². The van der Waals surface area contributed by atoms with Gasteiger partial charge in [0.1, 0.15) is 0 Å². The maximum Gasteiger partial charge on any atom is 0.0904 e. The molecule has 96 valence electrons. The van der Waals surface area contributed by atoms with Gasteiger partial charge in [-0.2, -0.15) is 0 Å². The molecule has 1 fully saturated rings. The lowest BCUT2D eigenvalue weighted by Crippen LogP contribution is -2.47. The highest BCUT2D eigenvalue weighted by atomic mass is 32.1. The average Bonchev–Trinajstić information content (AvgIpc) is 2.83. The van der Waals surface area contributed by atoms with Gasteiger partial charge in [0.15, 0.2) is 0 Å². The Hall–Kier alpha value is -0.420. The van der Waals surface area contributed by atoms with Crippen molar-refractivity contribution in [3.05, 3.63) is 22.4 Å². The quantitative estimate of drug-likeness (QED) is 0.815. The average molecular weight is 254 g/mol. The number of morpholine rings is 1. The third-order valence-corrected chi connectivity index (χ3v) is 4.15. The Balaban J connectivity index is 2.01. The van der Waals surface area contributed by atoms with Crippen LogP contribution in [0.25, 0.3) is 0 Å². The van der Waals surface area contributed by atoms with E-state index in [1.807, 2.05) is 11.3 Å². The molecule has 0 aromatic carbocycles. The molecule has 2 heterocycles. The van der Waals surface area contributed by atoms with Crippen molar-refractivity contribution in [2.75, 3.05) is 33.3 Å². The summed E-state index contributed by atoms with van der Waals surface area (Å²) in [6, 6.07) is 4.75. The predicted octanol–water partition coefficient (Wildman–Crippen LogP) is 2.12. The Morgan fingerprint density at radius 3 is 3.18 bits per heavy atom. The predicted molar refractivity (Wildman–Crippen MR) is 72.6 cm³/mol. The number of thiophene rings is 1. The molecule has 3 nitrogen and oxygen atoms in total. The monoisotopic (exact) mass is 254 g/mol. The van der Waals surface area contributed by atoms with Gasteiger partial charge in [0.25, 0.3) is 0 Å². The van der Waals surface area contributed by atoms with E-state index in [-0.39, 0.29) is 6.10 Å². The molecule has 0 bridgehead atoms. The molecule has 17 heavy (non-hydrogen) atoms. The molecule has 2 atom stereocenters. The standard InChI is InChI=1S/C13H22N2OS/c1-3-6-14-10-11-13(12-5-4-9-17-12)15(2)7-8-16-11/h4-5,9,11,13-14H,3,6-8,10H2,1-2H3. The Labute approximate surface area is 108 Å². The van der Waals surface area contributed by atoms with E-state index in [2.05, 4.69) is 41.7 Å². The molecule has 1 aromatic rings. The Kier molecular flexibility index (Phi) is 4.98. The van der Waals surface area contributed by atoms with Crippen LogP contribution in [0.5, 0.6) is 0 Å². The van der Waals surface area contributed by atoms with Gasteiger partial charge in [0.2, 0.25) is 0 Å². The number of likely N-dealkylation sites (N-methyl/N-ethyl adjacent to an activating group) is 1. The summed E-state index contributed by atoms with van der Waals surface area (Å²) in [7, 11) is 2.19. The van der Waals surface area contributed by atoms with Gasteiger partial charge < -0.3 is 10.1 Å². The minimum atomic E-state index is 0.277. The molecule has 2 unspecified atom stereocenters. The van der Waals surface area contributed by atoms with Gasteiger partial charge in [0.05, 0.1) is 18.8 Å². The topological polar surface area (TPSA) is 24.5 Å². The lowest BCUT2D eigenvalue weighted by atomic mass is 10.1. The molecule has 2 rings (SSSR count). The van der Waals surface area contributed by atoms with E-state index < -0.39 is 0 Å². The maximum atomic E-state index is 5.93. The normalized spacial score (nSPS) is 26.2. The first-order valence-corrected chi connectivity index (χ1v) is 7.27. The molecule has 1 aliphatic rings. The molecule has 1 saturated heterocycles. The summed E-state index contributed by atoms with van der Waals surface area (Å²) >= 11 is 1.83. The maximum absolute atomic E-state index is 5.93. The smallest absolute Gasteiger partial charge is 0.0904 e. The third kappa shape index (κ3) is 3.28. The van der Waals surface area contributed by atoms with Crippen LogP contribution in [-0.4, -0.2) is 44.3 Å². The SMILES string of the molecule is CCCNCC1OCCN(C)C1c1cccs1. The number of ether oxygens (including phenoxy) is 1. The molecule has 1 aliphatic heterocycles. The summed E-state index contributed by atoms with van der Waals surface area (Å²) < 4.78 is 5.93. The van der Waals surface area contributed by atoms with Crippen molar-refractivity contribution in [3.63, 3.8) is 0 Å². The van der Waals surface area contributed by atoms with Gasteiger partial charge in [-0.25, -0.2) is 0 Å². The number of nitrogens with zero attached hydrogens (tertiary/aromatic N) is 1. The van der Waals surface area contributed by atoms with E-state index in [1.54, 1.807) is 0 Å². The summed E-state index contributed by atoms with van der Waals surface area (Å²) in [5.74, 6) is 0. The van der Waals surface area contributed by atoms with Crippen LogP contribution in [0.3, 0.4) is 0 Å². The summed E-state index contributed by atoms with van der Waals surface area (Å²) in [5, 5.41) is 5.62. The highest BCUT2D eigenvalue weighted by Crippen LogP contribution is 2.30. The zero-order valence-corrected chi connectivity index (χ0v) is 11.5. The second kappa shape index (κ2) is 6.50. The van der Waals surface area contributed by atoms with E-state index >= 15 is 0 Å².